The van der Waals surface area contributed by atoms with Crippen LogP contribution < -0.4 is 21.2 Å². The summed E-state index contributed by atoms with van der Waals surface area (Å²) in [5.41, 5.74) is 0. The van der Waals surface area contributed by atoms with Crippen molar-refractivity contribution >= 4 is 0 Å². The molecule has 2 bridgehead atoms. The van der Waals surface area contributed by atoms with Crippen molar-refractivity contribution in [3.63, 3.8) is 0 Å². The van der Waals surface area contributed by atoms with Crippen LogP contribution in [0.15, 0.2) is 0 Å². The summed E-state index contributed by atoms with van der Waals surface area (Å²) in [6, 6.07) is 0. The molecule has 0 spiro atoms. The molecule has 1 aliphatic heterocycles. The van der Waals surface area contributed by atoms with E-state index in [4.69, 9.17) is 0 Å². The van der Waals surface area contributed by atoms with Crippen LogP contribution in [-0.4, -0.2) is 8.35 Å². The first-order valence-electron chi connectivity index (χ1n) is 3.03. The summed E-state index contributed by atoms with van der Waals surface area (Å²) in [5, 5.41) is 0. The molecule has 2 unspecified atom stereocenters. The van der Waals surface area contributed by atoms with Crippen LogP contribution in [-0.2, 0) is 0 Å². The summed E-state index contributed by atoms with van der Waals surface area (Å²) in [4.78, 5) is 0. The van der Waals surface area contributed by atoms with Gasteiger partial charge in [0.15, 0.2) is 0 Å². The average molecular weight is 209 g/mol. The first-order chi connectivity index (χ1) is 3.45. The second-order valence-electron chi connectivity index (χ2n) is 2.58. The van der Waals surface area contributed by atoms with E-state index in [1.54, 1.807) is 23.7 Å². The molecule has 0 aromatic carbocycles. The SMILES string of the molecule is C1CC2CC1C[I-]2. The number of hydrogen-bond donors (Lipinski definition) is 0. The summed E-state index contributed by atoms with van der Waals surface area (Å²) in [6.07, 6.45) is 4.83. The fourth-order valence-corrected chi connectivity index (χ4v) is 5.66. The maximum absolute atomic E-state index is 1.67. The van der Waals surface area contributed by atoms with Gasteiger partial charge in [-0.15, -0.1) is 0 Å². The van der Waals surface area contributed by atoms with Crippen molar-refractivity contribution < 1.29 is 21.2 Å². The van der Waals surface area contributed by atoms with Crippen molar-refractivity contribution in [3.8, 4) is 0 Å². The van der Waals surface area contributed by atoms with Gasteiger partial charge in [-0.3, -0.25) is 0 Å². The Morgan fingerprint density at radius 1 is 1.29 bits per heavy atom. The Morgan fingerprint density at radius 3 is 2.43 bits per heavy atom. The van der Waals surface area contributed by atoms with Gasteiger partial charge < -0.3 is 0 Å². The second kappa shape index (κ2) is 1.61. The van der Waals surface area contributed by atoms with Crippen LogP contribution >= 0.6 is 0 Å². The van der Waals surface area contributed by atoms with Crippen molar-refractivity contribution in [2.45, 2.75) is 23.2 Å². The molecule has 0 aromatic heterocycles. The van der Waals surface area contributed by atoms with E-state index in [2.05, 4.69) is 0 Å². The number of fused-ring (bicyclic) bond motifs is 2. The molecule has 2 atom stereocenters. The van der Waals surface area contributed by atoms with E-state index in [1.807, 2.05) is 0 Å². The third-order valence-corrected chi connectivity index (χ3v) is 6.13. The molecule has 0 aromatic rings. The molecule has 1 saturated carbocycles. The third kappa shape index (κ3) is 0.694. The van der Waals surface area contributed by atoms with Crippen LogP contribution in [0.3, 0.4) is 0 Å². The molecule has 2 fully saturated rings. The molecular weight excluding hydrogens is 199 g/mol. The van der Waals surface area contributed by atoms with Crippen molar-refractivity contribution in [1.29, 1.82) is 0 Å². The fourth-order valence-electron chi connectivity index (χ4n) is 1.55. The van der Waals surface area contributed by atoms with Gasteiger partial charge in [0.2, 0.25) is 0 Å². The molecule has 2 rings (SSSR count). The summed E-state index contributed by atoms with van der Waals surface area (Å²) >= 11 is 0.726. The van der Waals surface area contributed by atoms with E-state index in [-0.39, 0.29) is 0 Å². The minimum atomic E-state index is 0.726. The second-order valence-corrected chi connectivity index (χ2v) is 6.11. The van der Waals surface area contributed by atoms with Crippen LogP contribution in [0.2, 0.25) is 0 Å². The maximum atomic E-state index is 1.67. The molecule has 1 heterocycles. The van der Waals surface area contributed by atoms with Crippen molar-refractivity contribution in [2.75, 3.05) is 4.43 Å². The molecule has 1 heteroatoms. The molecule has 0 nitrogen and oxygen atoms in total. The van der Waals surface area contributed by atoms with Crippen LogP contribution in [0.4, 0.5) is 0 Å². The van der Waals surface area contributed by atoms with Gasteiger partial charge in [0.1, 0.15) is 0 Å². The van der Waals surface area contributed by atoms with Gasteiger partial charge in [-0.1, -0.05) is 0 Å². The van der Waals surface area contributed by atoms with Crippen LogP contribution in [0.5, 0.6) is 0 Å². The van der Waals surface area contributed by atoms with Gasteiger partial charge >= 0.3 is 54.7 Å². The van der Waals surface area contributed by atoms with E-state index < -0.39 is 0 Å². The van der Waals surface area contributed by atoms with Gasteiger partial charge in [-0.05, 0) is 0 Å². The van der Waals surface area contributed by atoms with E-state index in [0.717, 1.165) is 21.2 Å². The zero-order valence-corrected chi connectivity index (χ0v) is 6.52. The molecule has 1 aliphatic carbocycles. The summed E-state index contributed by atoms with van der Waals surface area (Å²) in [5.74, 6) is 1.22. The van der Waals surface area contributed by atoms with Crippen LogP contribution in [0, 0.1) is 5.92 Å². The fraction of sp³-hybridized carbons (Fsp3) is 1.00. The molecule has 42 valence electrons. The van der Waals surface area contributed by atoms with Gasteiger partial charge in [0.05, 0.1) is 0 Å². The Hall–Kier alpha value is 0.730. The normalized spacial score (nSPS) is 49.1. The Morgan fingerprint density at radius 2 is 2.29 bits per heavy atom. The van der Waals surface area contributed by atoms with Gasteiger partial charge in [-0.2, -0.15) is 0 Å². The predicted molar refractivity (Wildman–Crippen MR) is 26.0 cm³/mol. The number of hydrogen-bond acceptors (Lipinski definition) is 0. The average Bonchev–Trinajstić information content (AvgIpc) is 2.22. The molecular formula is C6H10I-. The van der Waals surface area contributed by atoms with Crippen molar-refractivity contribution in [1.82, 2.24) is 0 Å². The summed E-state index contributed by atoms with van der Waals surface area (Å²) < 4.78 is 2.95. The zero-order valence-electron chi connectivity index (χ0n) is 4.36. The van der Waals surface area contributed by atoms with Gasteiger partial charge in [0, 0.05) is 0 Å². The van der Waals surface area contributed by atoms with E-state index in [1.165, 1.54) is 9.84 Å². The first-order valence-corrected chi connectivity index (χ1v) is 5.80. The van der Waals surface area contributed by atoms with Gasteiger partial charge in [-0.25, -0.2) is 0 Å². The minimum absolute atomic E-state index is 0.726. The third-order valence-electron chi connectivity index (χ3n) is 2.00. The Kier molecular flexibility index (Phi) is 1.05. The monoisotopic (exact) mass is 209 g/mol. The molecule has 0 amide bonds. The summed E-state index contributed by atoms with van der Waals surface area (Å²) in [6.45, 7) is 0. The first kappa shape index (κ1) is 4.59. The quantitative estimate of drug-likeness (QED) is 0.328. The Balaban J connectivity index is 2.12. The van der Waals surface area contributed by atoms with Crippen molar-refractivity contribution in [2.24, 2.45) is 5.92 Å². The van der Waals surface area contributed by atoms with E-state index in [9.17, 15) is 0 Å². The zero-order chi connectivity index (χ0) is 4.69. The molecule has 2 aliphatic rings. The molecule has 0 N–H and O–H groups in total. The number of alkyl halides is 2. The van der Waals surface area contributed by atoms with Crippen LogP contribution in [0.25, 0.3) is 0 Å². The predicted octanol–water partition coefficient (Wildman–Crippen LogP) is -1.74. The summed E-state index contributed by atoms with van der Waals surface area (Å²) in [7, 11) is 0. The van der Waals surface area contributed by atoms with Gasteiger partial charge in [0.25, 0.3) is 0 Å². The van der Waals surface area contributed by atoms with Crippen molar-refractivity contribution in [3.05, 3.63) is 0 Å². The van der Waals surface area contributed by atoms with E-state index in [0.29, 0.717) is 0 Å². The standard InChI is InChI=1S/C6H10I/c1-2-6-3-5(1)4-7-6/h5-6H,1-4H2/q-1. The topological polar surface area (TPSA) is 0 Å². The molecule has 0 radical (unpaired) electrons. The van der Waals surface area contributed by atoms with E-state index >= 15 is 0 Å². The molecule has 1 saturated heterocycles. The number of halogens is 1. The Bertz CT molecular complexity index is 62.2. The number of rotatable bonds is 0. The molecule has 7 heavy (non-hydrogen) atoms. The Labute approximate surface area is 54.9 Å². The van der Waals surface area contributed by atoms with Crippen LogP contribution in [0.1, 0.15) is 19.3 Å².